The maximum absolute atomic E-state index is 5.35. The summed E-state index contributed by atoms with van der Waals surface area (Å²) in [4.78, 5) is 17.1. The molecule has 4 heterocycles. The third kappa shape index (κ3) is 3.92. The van der Waals surface area contributed by atoms with Crippen LogP contribution in [0.3, 0.4) is 0 Å². The van der Waals surface area contributed by atoms with Crippen molar-refractivity contribution >= 4 is 34.6 Å². The maximum atomic E-state index is 5.35. The standard InChI is InChI=1S/C32H27N7O/c1-20-10-14-24(15-11-20)39-31-28(21(2)37-39)29(22-7-6-18-33-19-22)38-27-9-5-4-8-26(27)35-30(32(38)36-31)34-23-12-16-25(40-3)17-13-23/h4-19,29H,1-3H3,(H,34,35)/t29-/m0/s1. The molecule has 0 fully saturated rings. The van der Waals surface area contributed by atoms with Gasteiger partial charge in [-0.05, 0) is 74.0 Å². The number of benzene rings is 3. The second-order valence-corrected chi connectivity index (χ2v) is 9.87. The van der Waals surface area contributed by atoms with Crippen molar-refractivity contribution in [1.82, 2.24) is 14.8 Å². The molecular formula is C32H27N7O. The average Bonchev–Trinajstić information content (AvgIpc) is 3.33. The van der Waals surface area contributed by atoms with Crippen molar-refractivity contribution in [3.8, 4) is 11.4 Å². The van der Waals surface area contributed by atoms with E-state index < -0.39 is 0 Å². The second kappa shape index (κ2) is 9.50. The van der Waals surface area contributed by atoms with Crippen molar-refractivity contribution in [2.45, 2.75) is 19.9 Å². The smallest absolute Gasteiger partial charge is 0.179 e. The van der Waals surface area contributed by atoms with Crippen LogP contribution in [0.4, 0.5) is 22.9 Å². The van der Waals surface area contributed by atoms with E-state index in [1.807, 2.05) is 66.3 Å². The third-order valence-corrected chi connectivity index (χ3v) is 7.27. The van der Waals surface area contributed by atoms with Gasteiger partial charge in [0.05, 0.1) is 35.9 Å². The Labute approximate surface area is 232 Å². The van der Waals surface area contributed by atoms with E-state index in [1.165, 1.54) is 5.56 Å². The Hall–Kier alpha value is -5.24. The number of rotatable bonds is 4. The van der Waals surface area contributed by atoms with Crippen LogP contribution in [-0.4, -0.2) is 33.5 Å². The number of pyridine rings is 1. The number of methoxy groups -OCH3 is 1. The highest BCUT2D eigenvalue weighted by atomic mass is 16.5. The summed E-state index contributed by atoms with van der Waals surface area (Å²) < 4.78 is 7.29. The molecule has 5 aromatic rings. The van der Waals surface area contributed by atoms with Gasteiger partial charge in [0.25, 0.3) is 0 Å². The summed E-state index contributed by atoms with van der Waals surface area (Å²) in [6, 6.07) is 28.2. The predicted octanol–water partition coefficient (Wildman–Crippen LogP) is 6.69. The lowest BCUT2D eigenvalue weighted by Gasteiger charge is -2.40. The fraction of sp³-hybridized carbons (Fsp3) is 0.125. The minimum Gasteiger partial charge on any atom is -0.497 e. The van der Waals surface area contributed by atoms with Gasteiger partial charge < -0.3 is 15.0 Å². The molecule has 0 saturated carbocycles. The number of fused-ring (bicyclic) bond motifs is 4. The zero-order valence-electron chi connectivity index (χ0n) is 22.4. The molecule has 1 N–H and O–H groups in total. The molecule has 2 aromatic heterocycles. The number of hydrogen-bond acceptors (Lipinski definition) is 7. The van der Waals surface area contributed by atoms with Crippen LogP contribution in [0.2, 0.25) is 0 Å². The number of ether oxygens (including phenoxy) is 1. The highest BCUT2D eigenvalue weighted by molar-refractivity contribution is 6.51. The number of anilines is 2. The molecule has 0 radical (unpaired) electrons. The van der Waals surface area contributed by atoms with E-state index in [0.29, 0.717) is 11.7 Å². The lowest BCUT2D eigenvalue weighted by molar-refractivity contribution is 0.415. The summed E-state index contributed by atoms with van der Waals surface area (Å²) in [5.41, 5.74) is 7.86. The highest BCUT2D eigenvalue weighted by Crippen LogP contribution is 2.48. The first-order valence-electron chi connectivity index (χ1n) is 13.1. The van der Waals surface area contributed by atoms with E-state index in [9.17, 15) is 0 Å². The molecule has 1 atom stereocenters. The first-order valence-corrected chi connectivity index (χ1v) is 13.1. The maximum Gasteiger partial charge on any atom is 0.179 e. The van der Waals surface area contributed by atoms with Gasteiger partial charge in [-0.2, -0.15) is 5.10 Å². The number of aromatic nitrogens is 3. The lowest BCUT2D eigenvalue weighted by Crippen LogP contribution is -2.46. The Balaban J connectivity index is 1.47. The summed E-state index contributed by atoms with van der Waals surface area (Å²) in [5.74, 6) is 2.93. The van der Waals surface area contributed by atoms with E-state index in [2.05, 4.69) is 58.5 Å². The van der Waals surface area contributed by atoms with E-state index in [0.717, 1.165) is 51.1 Å². The Bertz CT molecular complexity index is 1770. The van der Waals surface area contributed by atoms with Crippen molar-refractivity contribution in [3.05, 3.63) is 120 Å². The molecule has 40 heavy (non-hydrogen) atoms. The fourth-order valence-electron chi connectivity index (χ4n) is 5.33. The SMILES string of the molecule is COc1ccc(NC2=Nc3ccccc3N3C2=Nc2c(c(C)nn2-c2ccc(C)cc2)[C@@H]3c2cccnc2)cc1. The van der Waals surface area contributed by atoms with Gasteiger partial charge in [0.15, 0.2) is 17.5 Å². The average molecular weight is 526 g/mol. The summed E-state index contributed by atoms with van der Waals surface area (Å²) in [5, 5.41) is 8.52. The quantitative estimate of drug-likeness (QED) is 0.283. The number of aryl methyl sites for hydroxylation is 2. The predicted molar refractivity (Wildman–Crippen MR) is 159 cm³/mol. The van der Waals surface area contributed by atoms with Gasteiger partial charge in [-0.15, -0.1) is 0 Å². The Morgan fingerprint density at radius 1 is 0.850 bits per heavy atom. The number of hydrogen-bond donors (Lipinski definition) is 1. The van der Waals surface area contributed by atoms with Gasteiger partial charge >= 0.3 is 0 Å². The zero-order chi connectivity index (χ0) is 27.2. The van der Waals surface area contributed by atoms with Gasteiger partial charge in [-0.25, -0.2) is 14.7 Å². The second-order valence-electron chi connectivity index (χ2n) is 9.87. The monoisotopic (exact) mass is 525 g/mol. The molecule has 0 unspecified atom stereocenters. The molecule has 0 bridgehead atoms. The van der Waals surface area contributed by atoms with Crippen molar-refractivity contribution in [3.63, 3.8) is 0 Å². The van der Waals surface area contributed by atoms with E-state index in [-0.39, 0.29) is 6.04 Å². The van der Waals surface area contributed by atoms with Crippen LogP contribution < -0.4 is 15.0 Å². The first-order chi connectivity index (χ1) is 19.6. The molecule has 3 aromatic carbocycles. The number of nitrogens with one attached hydrogen (secondary N) is 1. The highest BCUT2D eigenvalue weighted by Gasteiger charge is 2.41. The van der Waals surface area contributed by atoms with Gasteiger partial charge in [0.1, 0.15) is 5.75 Å². The number of para-hydroxylation sites is 2. The third-order valence-electron chi connectivity index (χ3n) is 7.27. The molecule has 2 aliphatic rings. The summed E-state index contributed by atoms with van der Waals surface area (Å²) in [7, 11) is 1.66. The van der Waals surface area contributed by atoms with Crippen molar-refractivity contribution in [2.75, 3.05) is 17.3 Å². The number of aliphatic imine (C=N–C) groups is 2. The van der Waals surface area contributed by atoms with Crippen LogP contribution in [0.25, 0.3) is 5.69 Å². The summed E-state index contributed by atoms with van der Waals surface area (Å²) in [6.45, 7) is 4.13. The van der Waals surface area contributed by atoms with E-state index >= 15 is 0 Å². The fourth-order valence-corrected chi connectivity index (χ4v) is 5.33. The Morgan fingerprint density at radius 3 is 2.40 bits per heavy atom. The molecule has 8 heteroatoms. The molecule has 0 saturated heterocycles. The van der Waals surface area contributed by atoms with E-state index in [1.54, 1.807) is 13.3 Å². The first kappa shape index (κ1) is 23.8. The van der Waals surface area contributed by atoms with Crippen molar-refractivity contribution < 1.29 is 4.74 Å². The Kier molecular flexibility index (Phi) is 5.66. The molecule has 196 valence electrons. The zero-order valence-corrected chi connectivity index (χ0v) is 22.4. The lowest BCUT2D eigenvalue weighted by atomic mass is 9.94. The minimum atomic E-state index is -0.209. The summed E-state index contributed by atoms with van der Waals surface area (Å²) in [6.07, 6.45) is 3.72. The van der Waals surface area contributed by atoms with Crippen LogP contribution in [0, 0.1) is 13.8 Å². The van der Waals surface area contributed by atoms with Gasteiger partial charge in [0.2, 0.25) is 0 Å². The van der Waals surface area contributed by atoms with Gasteiger partial charge in [-0.1, -0.05) is 35.9 Å². The van der Waals surface area contributed by atoms with Crippen molar-refractivity contribution in [1.29, 1.82) is 0 Å². The van der Waals surface area contributed by atoms with Crippen LogP contribution in [0.1, 0.15) is 28.4 Å². The van der Waals surface area contributed by atoms with Gasteiger partial charge in [0, 0.05) is 23.6 Å². The molecule has 7 rings (SSSR count). The van der Waals surface area contributed by atoms with Crippen LogP contribution in [0.5, 0.6) is 5.75 Å². The minimum absolute atomic E-state index is 0.209. The molecular weight excluding hydrogens is 498 g/mol. The molecule has 0 aliphatic carbocycles. The molecule has 0 spiro atoms. The molecule has 2 aliphatic heterocycles. The molecule has 8 nitrogen and oxygen atoms in total. The molecule has 0 amide bonds. The topological polar surface area (TPSA) is 79.9 Å². The number of nitrogens with zero attached hydrogens (tertiary/aromatic N) is 6. The van der Waals surface area contributed by atoms with Crippen LogP contribution >= 0.6 is 0 Å². The summed E-state index contributed by atoms with van der Waals surface area (Å²) >= 11 is 0. The normalized spacial score (nSPS) is 15.4. The van der Waals surface area contributed by atoms with Gasteiger partial charge in [-0.3, -0.25) is 4.98 Å². The van der Waals surface area contributed by atoms with Crippen molar-refractivity contribution in [2.24, 2.45) is 9.98 Å². The number of amidine groups is 2. The van der Waals surface area contributed by atoms with E-state index in [4.69, 9.17) is 19.8 Å². The van der Waals surface area contributed by atoms with Crippen LogP contribution in [0.15, 0.2) is 107 Å². The Morgan fingerprint density at radius 2 is 1.65 bits per heavy atom. The largest absolute Gasteiger partial charge is 0.497 e. The van der Waals surface area contributed by atoms with Crippen LogP contribution in [-0.2, 0) is 0 Å².